The zero-order valence-electron chi connectivity index (χ0n) is 91.7. The first-order valence-corrected chi connectivity index (χ1v) is 56.7. The summed E-state index contributed by atoms with van der Waals surface area (Å²) in [6.07, 6.45) is 33.6. The van der Waals surface area contributed by atoms with Gasteiger partial charge in [-0.2, -0.15) is 0 Å². The van der Waals surface area contributed by atoms with Crippen molar-refractivity contribution in [2.75, 3.05) is 190 Å². The summed E-state index contributed by atoms with van der Waals surface area (Å²) in [4.78, 5) is 213. The minimum absolute atomic E-state index is 0.0106. The van der Waals surface area contributed by atoms with E-state index in [1.807, 2.05) is 182 Å². The maximum Gasteiger partial charge on any atom is 0.242 e. The topological polar surface area (TPSA) is 377 Å². The van der Waals surface area contributed by atoms with Gasteiger partial charge in [-0.3, -0.25) is 62.3 Å². The van der Waals surface area contributed by atoms with E-state index < -0.39 is 123 Å². The molecule has 30 heteroatoms. The highest BCUT2D eigenvalue weighted by atomic mass is 16.2. The third-order valence-corrected chi connectivity index (χ3v) is 27.8. The number of primary amides is 1. The molecule has 13 amide bonds. The summed E-state index contributed by atoms with van der Waals surface area (Å²) < 4.78 is 0. The molecular weight excluding hydrogens is 1890 g/mol. The number of nitrogens with zero attached hydrogens (tertiary/aromatic N) is 12. The lowest BCUT2D eigenvalue weighted by Gasteiger charge is -2.33. The number of amides is 13. The molecule has 0 aromatic heterocycles. The Labute approximate surface area is 897 Å². The van der Waals surface area contributed by atoms with E-state index in [4.69, 9.17) is 22.9 Å². The third kappa shape index (κ3) is 54.8. The average Bonchev–Trinajstić information content (AvgIpc) is 0.852. The van der Waals surface area contributed by atoms with Crippen LogP contribution in [0.5, 0.6) is 0 Å². The second kappa shape index (κ2) is 79.3. The Kier molecular flexibility index (Phi) is 67.1. The molecule has 0 fully saturated rings. The van der Waals surface area contributed by atoms with Crippen molar-refractivity contribution in [3.63, 3.8) is 0 Å². The van der Waals surface area contributed by atoms with Crippen LogP contribution in [-0.4, -0.2) is 325 Å². The fraction of sp³-hybridized carbons (Fsp3) is 0.592. The number of unbranched alkanes of at least 4 members (excludes halogenated alkanes) is 28. The molecule has 0 aliphatic carbocycles. The summed E-state index contributed by atoms with van der Waals surface area (Å²) in [6, 6.07) is 56.8. The van der Waals surface area contributed by atoms with Crippen LogP contribution in [0.15, 0.2) is 182 Å². The smallest absolute Gasteiger partial charge is 0.242 e. The lowest BCUT2D eigenvalue weighted by Crippen LogP contribution is -2.54. The number of hydrogen-bond acceptors (Lipinski definition) is 17. The van der Waals surface area contributed by atoms with Crippen molar-refractivity contribution in [1.82, 2.24) is 64.1 Å². The van der Waals surface area contributed by atoms with E-state index in [1.54, 1.807) is 9.80 Å². The van der Waals surface area contributed by atoms with Crippen LogP contribution in [0, 0.1) is 0 Å². The van der Waals surface area contributed by atoms with Crippen LogP contribution in [0.4, 0.5) is 0 Å². The zero-order chi connectivity index (χ0) is 108. The van der Waals surface area contributed by atoms with Crippen molar-refractivity contribution in [3.8, 4) is 0 Å². The first kappa shape index (κ1) is 127. The molecule has 0 heterocycles. The molecule has 0 saturated heterocycles. The number of benzene rings is 6. The highest BCUT2D eigenvalue weighted by Crippen LogP contribution is 2.20. The summed E-state index contributed by atoms with van der Waals surface area (Å²) >= 11 is 0. The Balaban J connectivity index is 1.33. The van der Waals surface area contributed by atoms with E-state index in [2.05, 4.69) is 33.0 Å². The molecule has 0 unspecified atom stereocenters. The van der Waals surface area contributed by atoms with Crippen molar-refractivity contribution in [2.24, 2.45) is 22.9 Å². The van der Waals surface area contributed by atoms with Crippen LogP contribution in [-0.2, 0) is 101 Å². The lowest BCUT2D eigenvalue weighted by atomic mass is 10.1. The molecule has 6 aromatic rings. The Morgan fingerprint density at radius 1 is 0.187 bits per heavy atom. The van der Waals surface area contributed by atoms with Crippen molar-refractivity contribution in [1.29, 1.82) is 0 Å². The third-order valence-electron chi connectivity index (χ3n) is 27.8. The van der Waals surface area contributed by atoms with Gasteiger partial charge >= 0.3 is 0 Å². The normalized spacial score (nSPS) is 11.1. The molecular formula is C120H185N17O13. The quantitative estimate of drug-likeness (QED) is 0.0221. The van der Waals surface area contributed by atoms with Gasteiger partial charge in [-0.05, 0) is 97.6 Å². The van der Waals surface area contributed by atoms with Crippen molar-refractivity contribution in [3.05, 3.63) is 215 Å². The van der Waals surface area contributed by atoms with E-state index in [9.17, 15) is 19.2 Å². The number of nitrogens with one attached hydrogen (secondary N) is 1. The van der Waals surface area contributed by atoms with Gasteiger partial charge in [0, 0.05) is 105 Å². The summed E-state index contributed by atoms with van der Waals surface area (Å²) in [7, 11) is 0. The average molecular weight is 2070 g/mol. The number of carbonyl (C=O) groups excluding carboxylic acids is 13. The highest BCUT2D eigenvalue weighted by molar-refractivity contribution is 5.95. The van der Waals surface area contributed by atoms with Gasteiger partial charge in [0.2, 0.25) is 76.8 Å². The van der Waals surface area contributed by atoms with Crippen LogP contribution >= 0.6 is 0 Å². The molecule has 150 heavy (non-hydrogen) atoms. The minimum atomic E-state index is -0.661. The van der Waals surface area contributed by atoms with Gasteiger partial charge in [0.15, 0.2) is 0 Å². The molecule has 0 spiro atoms. The largest absolute Gasteiger partial charge is 0.368 e. The summed E-state index contributed by atoms with van der Waals surface area (Å²) in [6.45, 7) is 4.57. The number of nitrogens with two attached hydrogens (primary N) is 4. The molecule has 0 aliphatic rings. The first-order valence-electron chi connectivity index (χ1n) is 56.7. The Hall–Kier alpha value is -11.7. The van der Waals surface area contributed by atoms with Crippen LogP contribution in [0.25, 0.3) is 0 Å². The highest BCUT2D eigenvalue weighted by Gasteiger charge is 2.35. The first-order chi connectivity index (χ1) is 73.0. The van der Waals surface area contributed by atoms with Crippen molar-refractivity contribution < 1.29 is 62.3 Å². The maximum absolute atomic E-state index is 15.9. The second-order valence-electron chi connectivity index (χ2n) is 40.1. The van der Waals surface area contributed by atoms with E-state index in [-0.39, 0.29) is 143 Å². The molecule has 0 radical (unpaired) electrons. The molecule has 0 bridgehead atoms. The molecule has 9 N–H and O–H groups in total. The fourth-order valence-electron chi connectivity index (χ4n) is 18.5. The second-order valence-corrected chi connectivity index (χ2v) is 40.1. The SMILES string of the molecule is CCCCCCCCCCN(CC(N)=O)C(=O)CN(CCCCCCCCCC)C(=O)CN(CCCCCCCCCC)C(=O)CN(CCCCCCCCCC)C(=O)CN(CCc1ccccc1)C(=O)CN(CCc1ccccc1)C(=O)CN(CCN)C(=O)CN(CCc1ccccc1)C(=O)CN(CCc1ccccc1)C(=O)CN(CCN)C(=O)CN(CCc1ccccc1)C(=O)CN(CCc1ccccc1)C(=O)CNCCN. The Morgan fingerprint density at radius 2 is 0.340 bits per heavy atom. The van der Waals surface area contributed by atoms with Crippen molar-refractivity contribution in [2.45, 2.75) is 272 Å². The number of hydrogen-bond donors (Lipinski definition) is 5. The van der Waals surface area contributed by atoms with Gasteiger partial charge in [0.05, 0.1) is 85.1 Å². The van der Waals surface area contributed by atoms with Crippen LogP contribution < -0.4 is 28.3 Å². The van der Waals surface area contributed by atoms with E-state index in [0.29, 0.717) is 64.6 Å². The van der Waals surface area contributed by atoms with Gasteiger partial charge in [-0.25, -0.2) is 0 Å². The van der Waals surface area contributed by atoms with Crippen LogP contribution in [0.3, 0.4) is 0 Å². The number of rotatable bonds is 86. The monoisotopic (exact) mass is 2070 g/mol. The molecule has 0 aliphatic heterocycles. The summed E-state index contributed by atoms with van der Waals surface area (Å²) in [5.74, 6) is -6.99. The summed E-state index contributed by atoms with van der Waals surface area (Å²) in [5, 5.41) is 3.05. The Morgan fingerprint density at radius 3 is 0.507 bits per heavy atom. The van der Waals surface area contributed by atoms with Gasteiger partial charge < -0.3 is 87.1 Å². The molecule has 6 rings (SSSR count). The van der Waals surface area contributed by atoms with Gasteiger partial charge in [-0.1, -0.05) is 389 Å². The van der Waals surface area contributed by atoms with Crippen LogP contribution in [0.2, 0.25) is 0 Å². The predicted molar refractivity (Wildman–Crippen MR) is 600 cm³/mol. The lowest BCUT2D eigenvalue weighted by molar-refractivity contribution is -0.149. The molecule has 0 atom stereocenters. The van der Waals surface area contributed by atoms with Gasteiger partial charge in [0.1, 0.15) is 0 Å². The standard InChI is InChI=1S/C120H185N17O13/c1-5-9-13-17-21-25-29-51-77-126(90-108(124)138)110(140)91-127(78-52-30-26-22-18-14-10-6-2)111(141)92-128(79-53-31-27-23-19-15-11-7-3)112(142)93-129(80-54-32-28-24-20-16-12-8-4)113(143)95-131(82-68-103-57-41-34-42-58-103)115(145)96-132(83-69-104-59-43-35-44-60-104)117(147)101-137(88-75-123)120(150)99-135(86-72-107-65-49-38-50-66-107)116(146)97-133(84-70-105-61-45-36-46-62-105)118(148)100-136(87-74-122)119(149)98-134(85-71-106-63-47-37-48-64-106)114(144)94-130(109(139)89-125-76-73-121)81-67-102-55-39-33-40-56-102/h33-50,55-66,125H,5-32,51-54,67-101,121-123H2,1-4H3,(H2,124,138). The Bertz CT molecular complexity index is 4750. The fourth-order valence-corrected chi connectivity index (χ4v) is 18.5. The molecule has 828 valence electrons. The molecule has 6 aromatic carbocycles. The van der Waals surface area contributed by atoms with E-state index in [1.165, 1.54) is 68.3 Å². The van der Waals surface area contributed by atoms with E-state index in [0.717, 1.165) is 194 Å². The van der Waals surface area contributed by atoms with Crippen LogP contribution in [0.1, 0.15) is 267 Å². The van der Waals surface area contributed by atoms with Gasteiger partial charge in [0.25, 0.3) is 0 Å². The zero-order valence-corrected chi connectivity index (χ0v) is 91.7. The van der Waals surface area contributed by atoms with Crippen molar-refractivity contribution >= 4 is 76.8 Å². The maximum atomic E-state index is 15.9. The molecule has 30 nitrogen and oxygen atoms in total. The predicted octanol–water partition coefficient (Wildman–Crippen LogP) is 13.9. The molecule has 0 saturated carbocycles. The van der Waals surface area contributed by atoms with Gasteiger partial charge in [-0.15, -0.1) is 0 Å². The van der Waals surface area contributed by atoms with E-state index >= 15 is 43.2 Å². The summed E-state index contributed by atoms with van der Waals surface area (Å²) in [5.41, 5.74) is 29.5. The minimum Gasteiger partial charge on any atom is -0.368 e. The number of carbonyl (C=O) groups is 13.